The summed E-state index contributed by atoms with van der Waals surface area (Å²) in [6.45, 7) is 2.21. The molecular weight excluding hydrogens is 509 g/mol. The van der Waals surface area contributed by atoms with Gasteiger partial charge in [0.25, 0.3) is 0 Å². The molecule has 0 radical (unpaired) electrons. The van der Waals surface area contributed by atoms with Crippen molar-refractivity contribution in [3.8, 4) is 5.75 Å². The lowest BCUT2D eigenvalue weighted by Crippen LogP contribution is -2.18. The first-order valence-electron chi connectivity index (χ1n) is 13.4. The fourth-order valence-corrected chi connectivity index (χ4v) is 4.70. The fourth-order valence-electron chi connectivity index (χ4n) is 4.70. The summed E-state index contributed by atoms with van der Waals surface area (Å²) in [5.41, 5.74) is 4.31. The Labute approximate surface area is 225 Å². The first-order chi connectivity index (χ1) is 18.7. The smallest absolute Gasteiger partial charge is 0.403 e. The van der Waals surface area contributed by atoms with Crippen LogP contribution in [0.5, 0.6) is 5.75 Å². The van der Waals surface area contributed by atoms with Gasteiger partial charge in [-0.05, 0) is 84.4 Å². The molecule has 0 N–H and O–H groups in total. The largest absolute Gasteiger partial charge is 0.573 e. The topological polar surface area (TPSA) is 22.1 Å². The van der Waals surface area contributed by atoms with Gasteiger partial charge in [-0.2, -0.15) is 0 Å². The summed E-state index contributed by atoms with van der Waals surface area (Å²) in [4.78, 5) is 4.61. The SMILES string of the molecule is CCCCCCc1ccc(CCc2ccc3c(F)c(CCc4ccc(OC(F)(F)F)c(F)c4)ccc3c2)nc1. The van der Waals surface area contributed by atoms with Gasteiger partial charge in [0.15, 0.2) is 11.6 Å². The Hall–Kier alpha value is -3.48. The van der Waals surface area contributed by atoms with Crippen LogP contribution in [0, 0.1) is 11.6 Å². The Kier molecular flexibility index (Phi) is 9.54. The average Bonchev–Trinajstić information content (AvgIpc) is 2.91. The van der Waals surface area contributed by atoms with E-state index >= 15 is 4.39 Å². The number of aryl methyl sites for hydroxylation is 5. The van der Waals surface area contributed by atoms with Gasteiger partial charge in [-0.1, -0.05) is 68.7 Å². The molecule has 2 nitrogen and oxygen atoms in total. The van der Waals surface area contributed by atoms with Gasteiger partial charge in [0.2, 0.25) is 0 Å². The number of pyridine rings is 1. The molecule has 0 atom stereocenters. The molecule has 0 aliphatic heterocycles. The van der Waals surface area contributed by atoms with Crippen molar-refractivity contribution in [1.82, 2.24) is 4.98 Å². The van der Waals surface area contributed by atoms with Crippen LogP contribution >= 0.6 is 0 Å². The number of hydrogen-bond donors (Lipinski definition) is 0. The highest BCUT2D eigenvalue weighted by atomic mass is 19.4. The molecule has 39 heavy (non-hydrogen) atoms. The Morgan fingerprint density at radius 3 is 2.18 bits per heavy atom. The number of halogens is 5. The number of hydrogen-bond acceptors (Lipinski definition) is 2. The van der Waals surface area contributed by atoms with Crippen molar-refractivity contribution < 1.29 is 26.7 Å². The number of nitrogens with zero attached hydrogens (tertiary/aromatic N) is 1. The second-order valence-electron chi connectivity index (χ2n) is 9.88. The van der Waals surface area contributed by atoms with Gasteiger partial charge in [0, 0.05) is 17.3 Å². The molecular formula is C32H32F5NO. The lowest BCUT2D eigenvalue weighted by molar-refractivity contribution is -0.275. The van der Waals surface area contributed by atoms with E-state index in [-0.39, 0.29) is 18.7 Å². The van der Waals surface area contributed by atoms with Crippen LogP contribution < -0.4 is 4.74 Å². The molecule has 7 heteroatoms. The molecule has 206 valence electrons. The minimum atomic E-state index is -4.97. The molecule has 0 fully saturated rings. The summed E-state index contributed by atoms with van der Waals surface area (Å²) < 4.78 is 69.9. The van der Waals surface area contributed by atoms with Crippen molar-refractivity contribution in [1.29, 1.82) is 0 Å². The van der Waals surface area contributed by atoms with Gasteiger partial charge in [-0.15, -0.1) is 13.2 Å². The number of fused-ring (bicyclic) bond motifs is 1. The van der Waals surface area contributed by atoms with E-state index < -0.39 is 17.9 Å². The third-order valence-corrected chi connectivity index (χ3v) is 6.88. The zero-order valence-corrected chi connectivity index (χ0v) is 22.0. The van der Waals surface area contributed by atoms with Gasteiger partial charge < -0.3 is 4.74 Å². The van der Waals surface area contributed by atoms with Crippen molar-refractivity contribution >= 4 is 10.8 Å². The van der Waals surface area contributed by atoms with Crippen LogP contribution in [-0.4, -0.2) is 11.3 Å². The van der Waals surface area contributed by atoms with Crippen LogP contribution in [0.4, 0.5) is 22.0 Å². The Bertz CT molecular complexity index is 1380. The molecule has 0 aliphatic carbocycles. The highest BCUT2D eigenvalue weighted by molar-refractivity contribution is 5.84. The number of ether oxygens (including phenoxy) is 1. The molecule has 0 saturated carbocycles. The molecule has 1 aromatic heterocycles. The molecule has 0 bridgehead atoms. The van der Waals surface area contributed by atoms with Crippen LogP contribution in [0.1, 0.15) is 60.6 Å². The molecule has 0 spiro atoms. The van der Waals surface area contributed by atoms with Crippen LogP contribution in [0.25, 0.3) is 10.8 Å². The quantitative estimate of drug-likeness (QED) is 0.132. The van der Waals surface area contributed by atoms with E-state index in [9.17, 15) is 17.6 Å². The Morgan fingerprint density at radius 2 is 1.46 bits per heavy atom. The molecule has 1 heterocycles. The van der Waals surface area contributed by atoms with E-state index in [1.54, 1.807) is 12.1 Å². The second-order valence-corrected chi connectivity index (χ2v) is 9.88. The monoisotopic (exact) mass is 541 g/mol. The zero-order valence-electron chi connectivity index (χ0n) is 22.0. The van der Waals surface area contributed by atoms with Crippen LogP contribution in [0.15, 0.2) is 66.9 Å². The van der Waals surface area contributed by atoms with E-state index in [1.807, 2.05) is 24.4 Å². The van der Waals surface area contributed by atoms with Gasteiger partial charge >= 0.3 is 6.36 Å². The van der Waals surface area contributed by atoms with E-state index in [0.29, 0.717) is 16.5 Å². The van der Waals surface area contributed by atoms with E-state index in [0.717, 1.165) is 48.0 Å². The zero-order chi connectivity index (χ0) is 27.8. The predicted octanol–water partition coefficient (Wildman–Crippen LogP) is 9.10. The normalized spacial score (nSPS) is 11.7. The van der Waals surface area contributed by atoms with Crippen LogP contribution in [0.3, 0.4) is 0 Å². The fraction of sp³-hybridized carbons (Fsp3) is 0.344. The minimum Gasteiger partial charge on any atom is -0.403 e. The maximum Gasteiger partial charge on any atom is 0.573 e. The summed E-state index contributed by atoms with van der Waals surface area (Å²) >= 11 is 0. The first-order valence-corrected chi connectivity index (χ1v) is 13.4. The maximum absolute atomic E-state index is 15.2. The van der Waals surface area contributed by atoms with Gasteiger partial charge in [0.1, 0.15) is 5.82 Å². The summed E-state index contributed by atoms with van der Waals surface area (Å²) in [7, 11) is 0. The summed E-state index contributed by atoms with van der Waals surface area (Å²) in [5, 5.41) is 1.30. The molecule has 4 rings (SSSR count). The number of unbranched alkanes of at least 4 members (excludes halogenated alkanes) is 3. The number of aromatic nitrogens is 1. The minimum absolute atomic E-state index is 0.272. The Balaban J connectivity index is 1.34. The lowest BCUT2D eigenvalue weighted by atomic mass is 9.97. The standard InChI is InChI=1S/C32H32F5NO/c1-2-3-4-5-6-24-9-16-27(38-21-24)15-8-22-10-17-28-26(19-22)14-13-25(31(28)34)12-7-23-11-18-30(29(33)20-23)39-32(35,36)37/h9-11,13-14,16-21H,2-8,12,15H2,1H3. The summed E-state index contributed by atoms with van der Waals surface area (Å²) in [6.07, 6.45) is 5.15. The average molecular weight is 542 g/mol. The van der Waals surface area contributed by atoms with Crippen LogP contribution in [-0.2, 0) is 32.1 Å². The van der Waals surface area contributed by atoms with E-state index in [2.05, 4.69) is 28.8 Å². The third kappa shape index (κ3) is 8.25. The molecule has 0 unspecified atom stereocenters. The van der Waals surface area contributed by atoms with Gasteiger partial charge in [0.05, 0.1) is 0 Å². The van der Waals surface area contributed by atoms with Crippen molar-refractivity contribution in [2.45, 2.75) is 71.1 Å². The predicted molar refractivity (Wildman–Crippen MR) is 144 cm³/mol. The second kappa shape index (κ2) is 13.0. The number of rotatable bonds is 12. The van der Waals surface area contributed by atoms with Gasteiger partial charge in [-0.25, -0.2) is 8.78 Å². The highest BCUT2D eigenvalue weighted by Crippen LogP contribution is 2.28. The number of benzene rings is 3. The molecule has 0 amide bonds. The first kappa shape index (κ1) is 28.5. The van der Waals surface area contributed by atoms with Crippen molar-refractivity contribution in [3.05, 3.63) is 106 Å². The Morgan fingerprint density at radius 1 is 0.718 bits per heavy atom. The molecule has 0 aliphatic rings. The van der Waals surface area contributed by atoms with E-state index in [1.165, 1.54) is 37.3 Å². The molecule has 0 saturated heterocycles. The van der Waals surface area contributed by atoms with Crippen molar-refractivity contribution in [2.24, 2.45) is 0 Å². The summed E-state index contributed by atoms with van der Waals surface area (Å²) in [5.74, 6) is -2.33. The maximum atomic E-state index is 15.2. The number of alkyl halides is 3. The summed E-state index contributed by atoms with van der Waals surface area (Å²) in [6, 6.07) is 16.8. The third-order valence-electron chi connectivity index (χ3n) is 6.88. The van der Waals surface area contributed by atoms with Crippen LogP contribution in [0.2, 0.25) is 0 Å². The van der Waals surface area contributed by atoms with Crippen molar-refractivity contribution in [3.63, 3.8) is 0 Å². The molecule has 3 aromatic carbocycles. The lowest BCUT2D eigenvalue weighted by Gasteiger charge is -2.11. The van der Waals surface area contributed by atoms with E-state index in [4.69, 9.17) is 0 Å². The van der Waals surface area contributed by atoms with Gasteiger partial charge in [-0.3, -0.25) is 4.98 Å². The highest BCUT2D eigenvalue weighted by Gasteiger charge is 2.32. The van der Waals surface area contributed by atoms with Crippen molar-refractivity contribution in [2.75, 3.05) is 0 Å². The molecule has 4 aromatic rings.